The number of rotatable bonds is 1. The van der Waals surface area contributed by atoms with E-state index in [1.54, 1.807) is 18.2 Å². The van der Waals surface area contributed by atoms with Gasteiger partial charge in [-0.15, -0.1) is 0 Å². The number of phenols is 2. The standard InChI is InChI=1S/C17H18O2/c1-17(14-3-6-15(18)7-4-14)9-8-12-10-16(19)5-2-13(12)11-17/h2-7,10,18-19H,8-9,11H2,1H3/t17-/m0/s1. The van der Waals surface area contributed by atoms with Gasteiger partial charge in [0, 0.05) is 0 Å². The van der Waals surface area contributed by atoms with Gasteiger partial charge in [0.25, 0.3) is 0 Å². The molecule has 2 heteroatoms. The molecule has 0 fully saturated rings. The van der Waals surface area contributed by atoms with E-state index >= 15 is 0 Å². The minimum Gasteiger partial charge on any atom is -0.508 e. The van der Waals surface area contributed by atoms with Gasteiger partial charge in [0.2, 0.25) is 0 Å². The normalized spacial score (nSPS) is 21.9. The summed E-state index contributed by atoms with van der Waals surface area (Å²) in [4.78, 5) is 0. The smallest absolute Gasteiger partial charge is 0.115 e. The van der Waals surface area contributed by atoms with Crippen LogP contribution in [-0.2, 0) is 18.3 Å². The molecule has 0 aliphatic heterocycles. The molecule has 2 aromatic rings. The van der Waals surface area contributed by atoms with Crippen molar-refractivity contribution < 1.29 is 10.2 Å². The molecule has 0 saturated carbocycles. The van der Waals surface area contributed by atoms with Gasteiger partial charge >= 0.3 is 0 Å². The van der Waals surface area contributed by atoms with E-state index in [9.17, 15) is 10.2 Å². The van der Waals surface area contributed by atoms with Crippen LogP contribution in [0.4, 0.5) is 0 Å². The van der Waals surface area contributed by atoms with Gasteiger partial charge in [-0.1, -0.05) is 25.1 Å². The number of hydrogen-bond acceptors (Lipinski definition) is 2. The van der Waals surface area contributed by atoms with E-state index in [1.165, 1.54) is 16.7 Å². The second-order valence-electron chi connectivity index (χ2n) is 5.74. The van der Waals surface area contributed by atoms with Crippen LogP contribution in [0.3, 0.4) is 0 Å². The molecular weight excluding hydrogens is 236 g/mol. The van der Waals surface area contributed by atoms with Crippen molar-refractivity contribution in [3.8, 4) is 11.5 Å². The maximum absolute atomic E-state index is 9.54. The van der Waals surface area contributed by atoms with E-state index in [4.69, 9.17) is 0 Å². The molecule has 0 unspecified atom stereocenters. The lowest BCUT2D eigenvalue weighted by Crippen LogP contribution is -2.30. The number of aromatic hydroxyl groups is 2. The summed E-state index contributed by atoms with van der Waals surface area (Å²) in [6.07, 6.45) is 3.03. The van der Waals surface area contributed by atoms with Crippen LogP contribution in [0.25, 0.3) is 0 Å². The summed E-state index contributed by atoms with van der Waals surface area (Å²) in [6, 6.07) is 13.2. The zero-order valence-electron chi connectivity index (χ0n) is 11.1. The molecule has 1 atom stereocenters. The fourth-order valence-corrected chi connectivity index (χ4v) is 3.05. The highest BCUT2D eigenvalue weighted by Gasteiger charge is 2.31. The maximum atomic E-state index is 9.54. The number of phenolic OH excluding ortho intramolecular Hbond substituents is 2. The van der Waals surface area contributed by atoms with Gasteiger partial charge in [-0.05, 0) is 65.6 Å². The monoisotopic (exact) mass is 254 g/mol. The van der Waals surface area contributed by atoms with Gasteiger partial charge in [0.05, 0.1) is 0 Å². The number of aryl methyl sites for hydroxylation is 1. The van der Waals surface area contributed by atoms with Gasteiger partial charge in [-0.25, -0.2) is 0 Å². The molecule has 2 aromatic carbocycles. The third-order valence-corrected chi connectivity index (χ3v) is 4.28. The Morgan fingerprint density at radius 2 is 1.58 bits per heavy atom. The summed E-state index contributed by atoms with van der Waals surface area (Å²) < 4.78 is 0. The quantitative estimate of drug-likeness (QED) is 0.817. The lowest BCUT2D eigenvalue weighted by Gasteiger charge is -2.35. The SMILES string of the molecule is C[C@]1(c2ccc(O)cc2)CCc2cc(O)ccc2C1. The molecule has 1 aliphatic rings. The number of fused-ring (bicyclic) bond motifs is 1. The first-order chi connectivity index (χ1) is 9.07. The molecule has 0 amide bonds. The zero-order valence-corrected chi connectivity index (χ0v) is 11.1. The number of hydrogen-bond donors (Lipinski definition) is 2. The molecule has 1 aliphatic carbocycles. The molecule has 0 heterocycles. The summed E-state index contributed by atoms with van der Waals surface area (Å²) in [5, 5.41) is 18.9. The highest BCUT2D eigenvalue weighted by Crippen LogP contribution is 2.39. The van der Waals surface area contributed by atoms with Crippen molar-refractivity contribution in [2.75, 3.05) is 0 Å². The van der Waals surface area contributed by atoms with Gasteiger partial charge in [-0.3, -0.25) is 0 Å². The molecule has 2 N–H and O–H groups in total. The topological polar surface area (TPSA) is 40.5 Å². The van der Waals surface area contributed by atoms with Gasteiger partial charge in [-0.2, -0.15) is 0 Å². The summed E-state index contributed by atoms with van der Waals surface area (Å²) >= 11 is 0. The molecule has 3 rings (SSSR count). The second-order valence-corrected chi connectivity index (χ2v) is 5.74. The molecule has 0 aromatic heterocycles. The predicted molar refractivity (Wildman–Crippen MR) is 75.6 cm³/mol. The van der Waals surface area contributed by atoms with Crippen molar-refractivity contribution in [3.05, 3.63) is 59.2 Å². The molecule has 2 nitrogen and oxygen atoms in total. The van der Waals surface area contributed by atoms with Crippen molar-refractivity contribution in [2.24, 2.45) is 0 Å². The lowest BCUT2D eigenvalue weighted by atomic mass is 9.69. The third kappa shape index (κ3) is 2.19. The van der Waals surface area contributed by atoms with Crippen molar-refractivity contribution in [3.63, 3.8) is 0 Å². The third-order valence-electron chi connectivity index (χ3n) is 4.28. The van der Waals surface area contributed by atoms with E-state index < -0.39 is 0 Å². The van der Waals surface area contributed by atoms with Gasteiger partial charge in [0.1, 0.15) is 11.5 Å². The van der Waals surface area contributed by atoms with E-state index in [0.29, 0.717) is 11.5 Å². The van der Waals surface area contributed by atoms with E-state index in [0.717, 1.165) is 19.3 Å². The number of benzene rings is 2. The van der Waals surface area contributed by atoms with Crippen LogP contribution in [0.1, 0.15) is 30.0 Å². The van der Waals surface area contributed by atoms with E-state index in [-0.39, 0.29) is 5.41 Å². The first kappa shape index (κ1) is 12.1. The maximum Gasteiger partial charge on any atom is 0.115 e. The second kappa shape index (κ2) is 4.30. The average Bonchev–Trinajstić information content (AvgIpc) is 2.40. The Morgan fingerprint density at radius 3 is 2.32 bits per heavy atom. The van der Waals surface area contributed by atoms with Crippen molar-refractivity contribution in [2.45, 2.75) is 31.6 Å². The average molecular weight is 254 g/mol. The predicted octanol–water partition coefficient (Wildman–Crippen LogP) is 3.54. The Balaban J connectivity index is 1.95. The molecule has 0 saturated heterocycles. The molecule has 98 valence electrons. The van der Waals surface area contributed by atoms with Crippen LogP contribution in [0.2, 0.25) is 0 Å². The van der Waals surface area contributed by atoms with Crippen LogP contribution in [-0.4, -0.2) is 10.2 Å². The van der Waals surface area contributed by atoms with Crippen LogP contribution in [0.15, 0.2) is 42.5 Å². The minimum absolute atomic E-state index is 0.109. The summed E-state index contributed by atoms with van der Waals surface area (Å²) in [5.74, 6) is 0.667. The lowest BCUT2D eigenvalue weighted by molar-refractivity contribution is 0.404. The Kier molecular flexibility index (Phi) is 2.74. The first-order valence-corrected chi connectivity index (χ1v) is 6.67. The first-order valence-electron chi connectivity index (χ1n) is 6.67. The Morgan fingerprint density at radius 1 is 0.895 bits per heavy atom. The van der Waals surface area contributed by atoms with Crippen molar-refractivity contribution >= 4 is 0 Å². The Hall–Kier alpha value is -1.96. The zero-order chi connectivity index (χ0) is 13.5. The van der Waals surface area contributed by atoms with Crippen LogP contribution in [0, 0.1) is 0 Å². The largest absolute Gasteiger partial charge is 0.508 e. The molecular formula is C17H18O2. The van der Waals surface area contributed by atoms with E-state index in [2.05, 4.69) is 6.92 Å². The molecule has 0 spiro atoms. The van der Waals surface area contributed by atoms with E-state index in [1.807, 2.05) is 24.3 Å². The molecule has 0 radical (unpaired) electrons. The summed E-state index contributed by atoms with van der Waals surface area (Å²) in [7, 11) is 0. The van der Waals surface area contributed by atoms with Crippen LogP contribution < -0.4 is 0 Å². The highest BCUT2D eigenvalue weighted by atomic mass is 16.3. The van der Waals surface area contributed by atoms with Crippen LogP contribution in [0.5, 0.6) is 11.5 Å². The highest BCUT2D eigenvalue weighted by molar-refractivity contribution is 5.41. The Labute approximate surface area is 113 Å². The van der Waals surface area contributed by atoms with Gasteiger partial charge < -0.3 is 10.2 Å². The summed E-state index contributed by atoms with van der Waals surface area (Å²) in [5.41, 5.74) is 3.96. The van der Waals surface area contributed by atoms with Crippen molar-refractivity contribution in [1.82, 2.24) is 0 Å². The summed E-state index contributed by atoms with van der Waals surface area (Å²) in [6.45, 7) is 2.27. The fourth-order valence-electron chi connectivity index (χ4n) is 3.05. The molecule has 0 bridgehead atoms. The van der Waals surface area contributed by atoms with Gasteiger partial charge in [0.15, 0.2) is 0 Å². The fraction of sp³-hybridized carbons (Fsp3) is 0.294. The van der Waals surface area contributed by atoms with Crippen LogP contribution >= 0.6 is 0 Å². The minimum atomic E-state index is 0.109. The molecule has 19 heavy (non-hydrogen) atoms. The van der Waals surface area contributed by atoms with Crippen molar-refractivity contribution in [1.29, 1.82) is 0 Å². The Bertz CT molecular complexity index is 601.